The van der Waals surface area contributed by atoms with Gasteiger partial charge < -0.3 is 82.9 Å². The third kappa shape index (κ3) is 6.00. The number of aliphatic imine (C=N–C) groups is 2. The monoisotopic (exact) mass is 581 g/mol. The number of hydrogen-bond acceptors (Lipinski definition) is 15. The second kappa shape index (κ2) is 12.7. The van der Waals surface area contributed by atoms with Crippen LogP contribution in [-0.2, 0) is 23.7 Å². The van der Waals surface area contributed by atoms with E-state index in [1.165, 1.54) is 14.0 Å². The van der Waals surface area contributed by atoms with E-state index in [1.54, 1.807) is 0 Å². The Labute approximate surface area is 228 Å². The lowest BCUT2D eigenvalue weighted by Crippen LogP contribution is -2.66. The molecular formula is C21H39N7O12. The van der Waals surface area contributed by atoms with Crippen LogP contribution in [0, 0.1) is 0 Å². The molecule has 0 unspecified atom stereocenters. The fourth-order valence-corrected chi connectivity index (χ4v) is 5.08. The summed E-state index contributed by atoms with van der Waals surface area (Å²) in [5.41, 5.74) is 19.4. The molecule has 0 radical (unpaired) electrons. The smallest absolute Gasteiger partial charge is 0.188 e. The Balaban J connectivity index is 1.96. The van der Waals surface area contributed by atoms with Crippen LogP contribution < -0.4 is 28.3 Å². The van der Waals surface area contributed by atoms with Gasteiger partial charge in [0, 0.05) is 0 Å². The van der Waals surface area contributed by atoms with E-state index >= 15 is 0 Å². The molecule has 19 nitrogen and oxygen atoms in total. The minimum Gasteiger partial charge on any atom is -0.394 e. The molecule has 1 aliphatic carbocycles. The highest BCUT2D eigenvalue weighted by molar-refractivity contribution is 5.76. The van der Waals surface area contributed by atoms with E-state index in [0.717, 1.165) is 0 Å². The van der Waals surface area contributed by atoms with Crippen LogP contribution in [-0.4, -0.2) is 159 Å². The maximum Gasteiger partial charge on any atom is 0.188 e. The van der Waals surface area contributed by atoms with Gasteiger partial charge in [-0.05, 0) is 14.0 Å². The third-order valence-corrected chi connectivity index (χ3v) is 7.34. The molecule has 2 saturated heterocycles. The Bertz CT molecular complexity index is 940. The number of hydrogen-bond donors (Lipinski definition) is 12. The van der Waals surface area contributed by atoms with Crippen molar-refractivity contribution in [3.8, 4) is 0 Å². The van der Waals surface area contributed by atoms with Crippen molar-refractivity contribution in [2.24, 2.45) is 32.9 Å². The van der Waals surface area contributed by atoms with Crippen molar-refractivity contribution in [1.29, 1.82) is 0 Å². The number of rotatable bonds is 9. The summed E-state index contributed by atoms with van der Waals surface area (Å²) in [7, 11) is 1.42. The van der Waals surface area contributed by atoms with Crippen LogP contribution in [0.15, 0.2) is 9.98 Å². The second-order valence-electron chi connectivity index (χ2n) is 9.89. The number of nitrogens with zero attached hydrogens (tertiary/aromatic N) is 2. The quantitative estimate of drug-likeness (QED) is 0.0682. The number of aliphatic hydroxyl groups is 7. The summed E-state index contributed by atoms with van der Waals surface area (Å²) in [6.45, 7) is 0.620. The Morgan fingerprint density at radius 2 is 1.50 bits per heavy atom. The highest BCUT2D eigenvalue weighted by Gasteiger charge is 2.60. The van der Waals surface area contributed by atoms with Gasteiger partial charge in [0.15, 0.2) is 36.4 Å². The van der Waals surface area contributed by atoms with E-state index < -0.39 is 110 Å². The van der Waals surface area contributed by atoms with Crippen LogP contribution in [0.3, 0.4) is 0 Å². The third-order valence-electron chi connectivity index (χ3n) is 7.34. The van der Waals surface area contributed by atoms with Gasteiger partial charge in [-0.15, -0.1) is 0 Å². The Morgan fingerprint density at radius 3 is 2.02 bits per heavy atom. The minimum absolute atomic E-state index is 0.140. The van der Waals surface area contributed by atoms with Gasteiger partial charge in [-0.2, -0.15) is 0 Å². The van der Waals surface area contributed by atoms with Crippen molar-refractivity contribution in [3.05, 3.63) is 0 Å². The standard InChI is InChI=1S/C21H39N7O12/c1-5-21(36,4-30)16(40-17-9(26-2)13(34)10(31)6(3-29)38-17)18(37-5)39-15-8(28-20(24)25)11(32)7(27-19(22)23)12(33)14(15)35/h4-18,26,29,31-36H,3H2,1-2H3,(H4,22,23,27)(H4,24,25,28)/t5-,6-,7-,8+,9+,10+,11+,12-,13+,14-,15+,16-,17+,18+,21-/m1/s1. The van der Waals surface area contributed by atoms with E-state index in [2.05, 4.69) is 15.3 Å². The average Bonchev–Trinajstić information content (AvgIpc) is 3.13. The first-order chi connectivity index (χ1) is 18.7. The molecule has 15 atom stereocenters. The molecule has 3 rings (SSSR count). The number of nitrogens with two attached hydrogens (primary N) is 4. The summed E-state index contributed by atoms with van der Waals surface area (Å²) in [6.07, 6.45) is -17.3. The number of aldehydes is 1. The lowest BCUT2D eigenvalue weighted by molar-refractivity contribution is -0.314. The van der Waals surface area contributed by atoms with E-state index in [0.29, 0.717) is 0 Å². The molecule has 0 bridgehead atoms. The van der Waals surface area contributed by atoms with Crippen LogP contribution in [0.2, 0.25) is 0 Å². The summed E-state index contributed by atoms with van der Waals surface area (Å²) in [5, 5.41) is 76.6. The van der Waals surface area contributed by atoms with Gasteiger partial charge in [0.1, 0.15) is 60.9 Å². The lowest BCUT2D eigenvalue weighted by Gasteiger charge is -2.45. The highest BCUT2D eigenvalue weighted by Crippen LogP contribution is 2.38. The maximum atomic E-state index is 12.1. The van der Waals surface area contributed by atoms with Crippen molar-refractivity contribution in [2.45, 2.75) is 98.2 Å². The maximum absolute atomic E-state index is 12.1. The zero-order valence-electron chi connectivity index (χ0n) is 21.7. The van der Waals surface area contributed by atoms with Gasteiger partial charge in [-0.3, -0.25) is 4.79 Å². The molecule has 19 heteroatoms. The van der Waals surface area contributed by atoms with Crippen LogP contribution in [0.5, 0.6) is 0 Å². The first-order valence-electron chi connectivity index (χ1n) is 12.4. The molecule has 16 N–H and O–H groups in total. The van der Waals surface area contributed by atoms with Gasteiger partial charge in [0.05, 0.1) is 18.8 Å². The summed E-state index contributed by atoms with van der Waals surface area (Å²) >= 11 is 0. The van der Waals surface area contributed by atoms with Gasteiger partial charge in [0.2, 0.25) is 0 Å². The minimum atomic E-state index is -2.38. The number of carbonyl (C=O) groups excluding carboxylic acids is 1. The van der Waals surface area contributed by atoms with E-state index in [-0.39, 0.29) is 6.29 Å². The Morgan fingerprint density at radius 1 is 0.900 bits per heavy atom. The molecule has 0 aromatic carbocycles. The molecule has 0 aromatic heterocycles. The van der Waals surface area contributed by atoms with Crippen molar-refractivity contribution < 1.29 is 59.5 Å². The molecule has 0 aromatic rings. The summed E-state index contributed by atoms with van der Waals surface area (Å²) in [4.78, 5) is 19.7. The summed E-state index contributed by atoms with van der Waals surface area (Å²) < 4.78 is 22.9. The molecule has 3 fully saturated rings. The Kier molecular flexibility index (Phi) is 10.2. The largest absolute Gasteiger partial charge is 0.394 e. The number of guanidine groups is 2. The van der Waals surface area contributed by atoms with Crippen LogP contribution in [0.1, 0.15) is 6.92 Å². The normalized spacial score (nSPS) is 47.4. The van der Waals surface area contributed by atoms with Crippen molar-refractivity contribution in [1.82, 2.24) is 5.32 Å². The zero-order valence-corrected chi connectivity index (χ0v) is 21.7. The van der Waals surface area contributed by atoms with Crippen molar-refractivity contribution in [3.63, 3.8) is 0 Å². The van der Waals surface area contributed by atoms with Gasteiger partial charge >= 0.3 is 0 Å². The first-order valence-corrected chi connectivity index (χ1v) is 12.4. The number of nitrogens with one attached hydrogen (secondary N) is 1. The molecule has 2 heterocycles. The predicted octanol–water partition coefficient (Wildman–Crippen LogP) is -8.16. The molecule has 0 amide bonds. The molecular weight excluding hydrogens is 542 g/mol. The van der Waals surface area contributed by atoms with Gasteiger partial charge in [-0.25, -0.2) is 9.98 Å². The van der Waals surface area contributed by atoms with Crippen molar-refractivity contribution in [2.75, 3.05) is 13.7 Å². The first kappa shape index (κ1) is 32.2. The average molecular weight is 582 g/mol. The number of carbonyl (C=O) groups is 1. The van der Waals surface area contributed by atoms with Gasteiger partial charge in [-0.1, -0.05) is 0 Å². The number of aliphatic hydroxyl groups excluding tert-OH is 6. The predicted molar refractivity (Wildman–Crippen MR) is 133 cm³/mol. The SMILES string of the molecule is CN[C@@H]1[C@H](O[C@@H]2[C@H](O[C@@H]3[C@H](O)[C@H](O)[C@H](N=C(N)N)[C@H](O)[C@@H]3N=C(N)N)O[C@H](C)[C@]2(O)C=O)O[C@H](CO)[C@H](O)[C@H]1O. The molecule has 1 saturated carbocycles. The zero-order chi connectivity index (χ0) is 30.1. The van der Waals surface area contributed by atoms with Crippen molar-refractivity contribution >= 4 is 18.2 Å². The Hall–Kier alpha value is -2.27. The van der Waals surface area contributed by atoms with E-state index in [4.69, 9.17) is 41.9 Å². The topological polar surface area (TPSA) is 336 Å². The molecule has 0 spiro atoms. The highest BCUT2D eigenvalue weighted by atomic mass is 16.8. The van der Waals surface area contributed by atoms with Crippen LogP contribution in [0.4, 0.5) is 0 Å². The van der Waals surface area contributed by atoms with Gasteiger partial charge in [0.25, 0.3) is 0 Å². The number of ether oxygens (including phenoxy) is 4. The fourth-order valence-electron chi connectivity index (χ4n) is 5.08. The van der Waals surface area contributed by atoms with E-state index in [1.807, 2.05) is 0 Å². The van der Waals surface area contributed by atoms with Crippen LogP contribution in [0.25, 0.3) is 0 Å². The molecule has 3 aliphatic rings. The molecule has 230 valence electrons. The van der Waals surface area contributed by atoms with E-state index in [9.17, 15) is 40.5 Å². The number of likely N-dealkylation sites (N-methyl/N-ethyl adjacent to an activating group) is 1. The molecule has 2 aliphatic heterocycles. The summed E-state index contributed by atoms with van der Waals surface area (Å²) in [6, 6.07) is -4.08. The lowest BCUT2D eigenvalue weighted by atomic mass is 9.81. The van der Waals surface area contributed by atoms with Crippen LogP contribution >= 0.6 is 0 Å². The fraction of sp³-hybridized carbons (Fsp3) is 0.857. The summed E-state index contributed by atoms with van der Waals surface area (Å²) in [5.74, 6) is -1.03. The second-order valence-corrected chi connectivity index (χ2v) is 9.89. The molecule has 40 heavy (non-hydrogen) atoms.